The van der Waals surface area contributed by atoms with Crippen LogP contribution in [-0.4, -0.2) is 49.3 Å². The molecule has 0 radical (unpaired) electrons. The predicted molar refractivity (Wildman–Crippen MR) is 261 cm³/mol. The summed E-state index contributed by atoms with van der Waals surface area (Å²) in [6, 6.07) is 0. The van der Waals surface area contributed by atoms with Gasteiger partial charge in [0.15, 0.2) is 6.10 Å². The molecule has 0 rings (SSSR count). The van der Waals surface area contributed by atoms with Crippen molar-refractivity contribution in [2.24, 2.45) is 5.73 Å². The number of carbonyl (C=O) groups is 2. The summed E-state index contributed by atoms with van der Waals surface area (Å²) in [6.07, 6.45) is 56.2. The van der Waals surface area contributed by atoms with Crippen LogP contribution in [0.1, 0.15) is 251 Å². The average molecular weight is 896 g/mol. The summed E-state index contributed by atoms with van der Waals surface area (Å²) < 4.78 is 32.9. The number of hydrogen-bond acceptors (Lipinski definition) is 8. The van der Waals surface area contributed by atoms with E-state index in [0.717, 1.165) is 51.4 Å². The SMILES string of the molecule is CCCCCCC/C=C\C/C=C\C/C=C\CCCCCCCCCCCCCCCCC(=O)OC(COC(=O)CCCCCCCCCCCCCC)COP(=O)(O)OCCN. The minimum absolute atomic E-state index is 0.0548. The lowest BCUT2D eigenvalue weighted by molar-refractivity contribution is -0.161. The molecule has 10 heteroatoms. The molecule has 0 saturated heterocycles. The first kappa shape index (κ1) is 60.2. The van der Waals surface area contributed by atoms with Gasteiger partial charge in [-0.25, -0.2) is 4.57 Å². The fourth-order valence-corrected chi connectivity index (χ4v) is 8.17. The summed E-state index contributed by atoms with van der Waals surface area (Å²) in [5.74, 6) is -0.820. The number of hydrogen-bond donors (Lipinski definition) is 2. The molecule has 364 valence electrons. The van der Waals surface area contributed by atoms with Crippen LogP contribution in [0.4, 0.5) is 0 Å². The van der Waals surface area contributed by atoms with Crippen molar-refractivity contribution in [1.29, 1.82) is 0 Å². The van der Waals surface area contributed by atoms with E-state index in [1.54, 1.807) is 0 Å². The number of allylic oxidation sites excluding steroid dienone is 6. The van der Waals surface area contributed by atoms with Gasteiger partial charge in [-0.1, -0.05) is 224 Å². The van der Waals surface area contributed by atoms with Gasteiger partial charge in [0.05, 0.1) is 13.2 Å². The van der Waals surface area contributed by atoms with E-state index < -0.39 is 26.5 Å². The Bertz CT molecular complexity index is 1110. The van der Waals surface area contributed by atoms with Gasteiger partial charge in [0.25, 0.3) is 0 Å². The zero-order valence-corrected chi connectivity index (χ0v) is 41.3. The van der Waals surface area contributed by atoms with Gasteiger partial charge in [-0.2, -0.15) is 0 Å². The second kappa shape index (κ2) is 48.7. The third-order valence-electron chi connectivity index (χ3n) is 11.3. The van der Waals surface area contributed by atoms with E-state index >= 15 is 0 Å². The number of esters is 2. The van der Waals surface area contributed by atoms with E-state index in [2.05, 4.69) is 50.3 Å². The molecule has 2 atom stereocenters. The molecule has 0 aromatic carbocycles. The van der Waals surface area contributed by atoms with Crippen LogP contribution in [0.5, 0.6) is 0 Å². The Kier molecular flexibility index (Phi) is 47.3. The van der Waals surface area contributed by atoms with Gasteiger partial charge in [0, 0.05) is 19.4 Å². The normalized spacial score (nSPS) is 13.4. The van der Waals surface area contributed by atoms with Crippen LogP contribution < -0.4 is 5.73 Å². The third kappa shape index (κ3) is 47.7. The molecule has 3 N–H and O–H groups in total. The lowest BCUT2D eigenvalue weighted by Gasteiger charge is -2.19. The van der Waals surface area contributed by atoms with Gasteiger partial charge in [0.1, 0.15) is 6.61 Å². The van der Waals surface area contributed by atoms with Crippen LogP contribution in [-0.2, 0) is 32.7 Å². The van der Waals surface area contributed by atoms with Crippen molar-refractivity contribution in [3.05, 3.63) is 36.5 Å². The second-order valence-electron chi connectivity index (χ2n) is 17.4. The number of rotatable bonds is 49. The highest BCUT2D eigenvalue weighted by Gasteiger charge is 2.26. The van der Waals surface area contributed by atoms with Crippen LogP contribution in [0.15, 0.2) is 36.5 Å². The highest BCUT2D eigenvalue weighted by atomic mass is 31.2. The summed E-state index contributed by atoms with van der Waals surface area (Å²) in [7, 11) is -4.38. The Morgan fingerprint density at radius 2 is 0.839 bits per heavy atom. The molecule has 0 spiro atoms. The quantitative estimate of drug-likeness (QED) is 0.0265. The number of carbonyl (C=O) groups excluding carboxylic acids is 2. The van der Waals surface area contributed by atoms with Gasteiger partial charge >= 0.3 is 19.8 Å². The molecule has 0 aromatic heterocycles. The minimum atomic E-state index is -4.38. The second-order valence-corrected chi connectivity index (χ2v) is 18.9. The molecule has 0 aliphatic rings. The summed E-state index contributed by atoms with van der Waals surface area (Å²) in [6.45, 7) is 3.75. The predicted octanol–water partition coefficient (Wildman–Crippen LogP) is 15.7. The van der Waals surface area contributed by atoms with Crippen molar-refractivity contribution in [2.75, 3.05) is 26.4 Å². The molecule has 9 nitrogen and oxygen atoms in total. The highest BCUT2D eigenvalue weighted by molar-refractivity contribution is 7.47. The van der Waals surface area contributed by atoms with E-state index in [1.807, 2.05) is 0 Å². The van der Waals surface area contributed by atoms with Crippen LogP contribution in [0, 0.1) is 0 Å². The smallest absolute Gasteiger partial charge is 0.462 e. The van der Waals surface area contributed by atoms with Crippen molar-refractivity contribution in [1.82, 2.24) is 0 Å². The Labute approximate surface area is 382 Å². The molecular formula is C52H98NO8P. The molecule has 0 aromatic rings. The lowest BCUT2D eigenvalue weighted by Crippen LogP contribution is -2.29. The Morgan fingerprint density at radius 3 is 1.24 bits per heavy atom. The Balaban J connectivity index is 3.93. The van der Waals surface area contributed by atoms with Crippen LogP contribution in [0.3, 0.4) is 0 Å². The minimum Gasteiger partial charge on any atom is -0.462 e. The van der Waals surface area contributed by atoms with E-state index in [-0.39, 0.29) is 38.6 Å². The van der Waals surface area contributed by atoms with Crippen molar-refractivity contribution in [2.45, 2.75) is 258 Å². The summed E-state index contributed by atoms with van der Waals surface area (Å²) in [5, 5.41) is 0. The number of ether oxygens (including phenoxy) is 2. The van der Waals surface area contributed by atoms with Crippen molar-refractivity contribution >= 4 is 19.8 Å². The third-order valence-corrected chi connectivity index (χ3v) is 12.3. The molecule has 0 bridgehead atoms. The molecule has 0 heterocycles. The topological polar surface area (TPSA) is 134 Å². The van der Waals surface area contributed by atoms with Gasteiger partial charge in [-0.3, -0.25) is 18.6 Å². The number of unbranched alkanes of at least 4 members (excludes halogenated alkanes) is 30. The molecule has 0 saturated carbocycles. The van der Waals surface area contributed by atoms with Gasteiger partial charge < -0.3 is 20.1 Å². The maximum Gasteiger partial charge on any atom is 0.472 e. The first-order chi connectivity index (χ1) is 30.3. The monoisotopic (exact) mass is 896 g/mol. The van der Waals surface area contributed by atoms with Crippen LogP contribution in [0.2, 0.25) is 0 Å². The number of nitrogens with two attached hydrogens (primary N) is 1. The van der Waals surface area contributed by atoms with Crippen LogP contribution in [0.25, 0.3) is 0 Å². The van der Waals surface area contributed by atoms with E-state index in [9.17, 15) is 19.0 Å². The molecule has 0 amide bonds. The lowest BCUT2D eigenvalue weighted by atomic mass is 10.0. The number of phosphoric ester groups is 1. The largest absolute Gasteiger partial charge is 0.472 e. The van der Waals surface area contributed by atoms with E-state index in [1.165, 1.54) is 167 Å². The first-order valence-electron chi connectivity index (χ1n) is 26.0. The zero-order valence-electron chi connectivity index (χ0n) is 40.4. The molecule has 0 aliphatic heterocycles. The molecule has 0 aliphatic carbocycles. The molecular weight excluding hydrogens is 798 g/mol. The van der Waals surface area contributed by atoms with Gasteiger partial charge in [-0.05, 0) is 51.4 Å². The Morgan fingerprint density at radius 1 is 0.484 bits per heavy atom. The number of phosphoric acid groups is 1. The average Bonchev–Trinajstić information content (AvgIpc) is 3.26. The maximum atomic E-state index is 12.6. The van der Waals surface area contributed by atoms with Crippen molar-refractivity contribution in [3.8, 4) is 0 Å². The zero-order chi connectivity index (χ0) is 45.3. The van der Waals surface area contributed by atoms with Gasteiger partial charge in [0.2, 0.25) is 0 Å². The summed E-state index contributed by atoms with van der Waals surface area (Å²) >= 11 is 0. The maximum absolute atomic E-state index is 12.6. The van der Waals surface area contributed by atoms with Crippen molar-refractivity contribution < 1.29 is 37.6 Å². The Hall–Kier alpha value is -1.77. The molecule has 0 fully saturated rings. The highest BCUT2D eigenvalue weighted by Crippen LogP contribution is 2.43. The van der Waals surface area contributed by atoms with Crippen LogP contribution >= 0.6 is 7.82 Å². The first-order valence-corrected chi connectivity index (χ1v) is 27.5. The fourth-order valence-electron chi connectivity index (χ4n) is 7.41. The standard InChI is InChI=1S/C52H98NO8P/c1-3-5-7-9-11-13-15-17-18-19-20-21-22-23-24-25-26-27-28-29-30-31-32-33-35-37-39-41-43-45-52(55)61-50(49-60-62(56,57)59-47-46-53)48-58-51(54)44-42-40-38-36-34-16-14-12-10-8-6-4-2/h15,17,19-20,22-23,50H,3-14,16,18,21,24-49,53H2,1-2H3,(H,56,57)/b17-15-,20-19-,23-22-. The fraction of sp³-hybridized carbons (Fsp3) is 0.846. The van der Waals surface area contributed by atoms with E-state index in [4.69, 9.17) is 24.3 Å². The molecule has 62 heavy (non-hydrogen) atoms. The van der Waals surface area contributed by atoms with E-state index in [0.29, 0.717) is 6.42 Å². The summed E-state index contributed by atoms with van der Waals surface area (Å²) in [5.41, 5.74) is 5.36. The summed E-state index contributed by atoms with van der Waals surface area (Å²) in [4.78, 5) is 35.0. The van der Waals surface area contributed by atoms with Crippen molar-refractivity contribution in [3.63, 3.8) is 0 Å². The van der Waals surface area contributed by atoms with Gasteiger partial charge in [-0.15, -0.1) is 0 Å². The molecule has 2 unspecified atom stereocenters.